The Morgan fingerprint density at radius 2 is 1.96 bits per heavy atom. The number of aromatic nitrogens is 3. The first kappa shape index (κ1) is 17.9. The fourth-order valence-electron chi connectivity index (χ4n) is 2.63. The molecule has 0 saturated carbocycles. The van der Waals surface area contributed by atoms with Crippen molar-refractivity contribution in [2.24, 2.45) is 0 Å². The predicted octanol–water partition coefficient (Wildman–Crippen LogP) is 3.87. The molecular weight excluding hydrogens is 348 g/mol. The molecule has 26 heavy (non-hydrogen) atoms. The predicted molar refractivity (Wildman–Crippen MR) is 103 cm³/mol. The Kier molecular flexibility index (Phi) is 5.49. The van der Waals surface area contributed by atoms with Crippen LogP contribution in [0.4, 0.5) is 0 Å². The lowest BCUT2D eigenvalue weighted by Gasteiger charge is -2.04. The number of nitrogens with zero attached hydrogens (tertiary/aromatic N) is 3. The van der Waals surface area contributed by atoms with E-state index in [1.807, 2.05) is 54.9 Å². The van der Waals surface area contributed by atoms with Crippen LogP contribution in [-0.4, -0.2) is 20.7 Å². The van der Waals surface area contributed by atoms with Gasteiger partial charge in [-0.25, -0.2) is 9.67 Å². The van der Waals surface area contributed by atoms with E-state index in [2.05, 4.69) is 15.4 Å². The number of amides is 1. The van der Waals surface area contributed by atoms with Crippen molar-refractivity contribution in [3.05, 3.63) is 82.4 Å². The molecule has 6 heteroatoms. The lowest BCUT2D eigenvalue weighted by molar-refractivity contribution is -0.116. The van der Waals surface area contributed by atoms with Gasteiger partial charge in [0.15, 0.2) is 0 Å². The average Bonchev–Trinajstić information content (AvgIpc) is 2.94. The first-order valence-electron chi connectivity index (χ1n) is 8.22. The molecule has 132 valence electrons. The highest BCUT2D eigenvalue weighted by atomic mass is 35.5. The van der Waals surface area contributed by atoms with Gasteiger partial charge < -0.3 is 5.32 Å². The van der Waals surface area contributed by atoms with Crippen LogP contribution in [0.3, 0.4) is 0 Å². The molecule has 0 saturated heterocycles. The highest BCUT2D eigenvalue weighted by Gasteiger charge is 2.10. The Labute approximate surface area is 157 Å². The molecule has 3 rings (SSSR count). The van der Waals surface area contributed by atoms with Gasteiger partial charge in [-0.1, -0.05) is 35.9 Å². The molecular formula is C20H19ClN4O. The first-order valence-corrected chi connectivity index (χ1v) is 8.60. The van der Waals surface area contributed by atoms with Crippen LogP contribution >= 0.6 is 11.6 Å². The molecule has 5 nitrogen and oxygen atoms in total. The maximum atomic E-state index is 12.1. The molecule has 2 heterocycles. The normalized spacial score (nSPS) is 11.0. The minimum atomic E-state index is -0.175. The summed E-state index contributed by atoms with van der Waals surface area (Å²) in [5.74, 6) is -0.175. The van der Waals surface area contributed by atoms with Crippen LogP contribution in [0, 0.1) is 13.8 Å². The molecule has 0 aliphatic carbocycles. The van der Waals surface area contributed by atoms with Crippen molar-refractivity contribution in [1.29, 1.82) is 0 Å². The van der Waals surface area contributed by atoms with E-state index in [0.717, 1.165) is 28.2 Å². The number of carbonyl (C=O) groups is 1. The number of rotatable bonds is 5. The van der Waals surface area contributed by atoms with E-state index in [1.54, 1.807) is 18.3 Å². The lowest BCUT2D eigenvalue weighted by Crippen LogP contribution is -2.20. The van der Waals surface area contributed by atoms with Crippen molar-refractivity contribution >= 4 is 23.6 Å². The molecule has 0 aliphatic rings. The summed E-state index contributed by atoms with van der Waals surface area (Å²) in [6, 6.07) is 13.4. The van der Waals surface area contributed by atoms with E-state index in [1.165, 1.54) is 6.08 Å². The number of hydrogen-bond donors (Lipinski definition) is 1. The van der Waals surface area contributed by atoms with E-state index >= 15 is 0 Å². The quantitative estimate of drug-likeness (QED) is 0.551. The second-order valence-corrected chi connectivity index (χ2v) is 6.26. The number of pyridine rings is 1. The Balaban J connectivity index is 1.69. The van der Waals surface area contributed by atoms with E-state index in [-0.39, 0.29) is 5.91 Å². The minimum absolute atomic E-state index is 0.175. The monoisotopic (exact) mass is 366 g/mol. The fraction of sp³-hybridized carbons (Fsp3) is 0.150. The van der Waals surface area contributed by atoms with Crippen molar-refractivity contribution in [3.63, 3.8) is 0 Å². The van der Waals surface area contributed by atoms with Crippen LogP contribution in [-0.2, 0) is 11.3 Å². The third-order valence-corrected chi connectivity index (χ3v) is 4.23. The number of nitrogens with one attached hydrogen (secondary N) is 1. The Morgan fingerprint density at radius 3 is 2.65 bits per heavy atom. The number of para-hydroxylation sites is 1. The van der Waals surface area contributed by atoms with Crippen LogP contribution in [0.5, 0.6) is 0 Å². The zero-order valence-electron chi connectivity index (χ0n) is 14.6. The number of benzene rings is 1. The highest BCUT2D eigenvalue weighted by Crippen LogP contribution is 2.19. The second kappa shape index (κ2) is 7.97. The Hall–Kier alpha value is -2.92. The smallest absolute Gasteiger partial charge is 0.244 e. The van der Waals surface area contributed by atoms with Crippen molar-refractivity contribution in [2.45, 2.75) is 20.4 Å². The topological polar surface area (TPSA) is 59.8 Å². The van der Waals surface area contributed by atoms with Gasteiger partial charge in [0.1, 0.15) is 5.15 Å². The fourth-order valence-corrected chi connectivity index (χ4v) is 2.75. The summed E-state index contributed by atoms with van der Waals surface area (Å²) in [5, 5.41) is 7.83. The molecule has 0 radical (unpaired) electrons. The van der Waals surface area contributed by atoms with Crippen molar-refractivity contribution < 1.29 is 4.79 Å². The van der Waals surface area contributed by atoms with Crippen molar-refractivity contribution in [3.8, 4) is 5.69 Å². The number of carbonyl (C=O) groups excluding carboxylic acids is 1. The van der Waals surface area contributed by atoms with Gasteiger partial charge in [0.05, 0.1) is 11.4 Å². The summed E-state index contributed by atoms with van der Waals surface area (Å²) in [4.78, 5) is 16.1. The van der Waals surface area contributed by atoms with E-state index in [4.69, 9.17) is 11.6 Å². The summed E-state index contributed by atoms with van der Waals surface area (Å²) >= 11 is 5.75. The zero-order valence-corrected chi connectivity index (χ0v) is 15.4. The summed E-state index contributed by atoms with van der Waals surface area (Å²) in [7, 11) is 0. The molecule has 0 bridgehead atoms. The third-order valence-electron chi connectivity index (χ3n) is 4.00. The molecule has 0 spiro atoms. The zero-order chi connectivity index (χ0) is 18.5. The molecule has 1 aromatic carbocycles. The van der Waals surface area contributed by atoms with Crippen LogP contribution < -0.4 is 5.32 Å². The highest BCUT2D eigenvalue weighted by molar-refractivity contribution is 6.29. The van der Waals surface area contributed by atoms with Crippen LogP contribution in [0.2, 0.25) is 5.15 Å². The molecule has 0 fully saturated rings. The largest absolute Gasteiger partial charge is 0.348 e. The van der Waals surface area contributed by atoms with Gasteiger partial charge in [0.2, 0.25) is 5.91 Å². The van der Waals surface area contributed by atoms with Crippen LogP contribution in [0.15, 0.2) is 54.7 Å². The number of aryl methyl sites for hydroxylation is 1. The Morgan fingerprint density at radius 1 is 1.19 bits per heavy atom. The van der Waals surface area contributed by atoms with Gasteiger partial charge in [-0.15, -0.1) is 0 Å². The summed E-state index contributed by atoms with van der Waals surface area (Å²) < 4.78 is 1.88. The molecule has 3 aromatic rings. The molecule has 2 aromatic heterocycles. The van der Waals surface area contributed by atoms with Crippen LogP contribution in [0.1, 0.15) is 22.5 Å². The molecule has 1 amide bonds. The standard InChI is InChI=1S/C20H19ClN4O/c1-14-18(15(2)25(24-14)17-6-4-3-5-7-17)9-11-20(26)23-13-16-8-10-19(21)22-12-16/h3-12H,13H2,1-2H3,(H,23,26). The van der Waals surface area contributed by atoms with Gasteiger partial charge in [0, 0.05) is 30.1 Å². The van der Waals surface area contributed by atoms with Gasteiger partial charge in [-0.05, 0) is 43.7 Å². The van der Waals surface area contributed by atoms with E-state index in [0.29, 0.717) is 11.7 Å². The number of hydrogen-bond acceptors (Lipinski definition) is 3. The molecule has 0 unspecified atom stereocenters. The van der Waals surface area contributed by atoms with Crippen molar-refractivity contribution in [2.75, 3.05) is 0 Å². The molecule has 1 N–H and O–H groups in total. The minimum Gasteiger partial charge on any atom is -0.348 e. The van der Waals surface area contributed by atoms with E-state index in [9.17, 15) is 4.79 Å². The first-order chi connectivity index (χ1) is 12.5. The SMILES string of the molecule is Cc1nn(-c2ccccc2)c(C)c1C=CC(=O)NCc1ccc(Cl)nc1. The van der Waals surface area contributed by atoms with Gasteiger partial charge >= 0.3 is 0 Å². The third kappa shape index (κ3) is 4.18. The molecule has 0 atom stereocenters. The van der Waals surface area contributed by atoms with Gasteiger partial charge in [0.25, 0.3) is 0 Å². The maximum Gasteiger partial charge on any atom is 0.244 e. The van der Waals surface area contributed by atoms with Gasteiger partial charge in [-0.2, -0.15) is 5.10 Å². The van der Waals surface area contributed by atoms with E-state index < -0.39 is 0 Å². The molecule has 0 aliphatic heterocycles. The van der Waals surface area contributed by atoms with Crippen LogP contribution in [0.25, 0.3) is 11.8 Å². The van der Waals surface area contributed by atoms with Crippen molar-refractivity contribution in [1.82, 2.24) is 20.1 Å². The summed E-state index contributed by atoms with van der Waals surface area (Å²) in [6.07, 6.45) is 4.97. The Bertz CT molecular complexity index is 930. The average molecular weight is 367 g/mol. The summed E-state index contributed by atoms with van der Waals surface area (Å²) in [5.41, 5.74) is 4.68. The van der Waals surface area contributed by atoms with Gasteiger partial charge in [-0.3, -0.25) is 4.79 Å². The summed E-state index contributed by atoms with van der Waals surface area (Å²) in [6.45, 7) is 4.32. The maximum absolute atomic E-state index is 12.1. The number of halogens is 1. The lowest BCUT2D eigenvalue weighted by atomic mass is 10.2. The second-order valence-electron chi connectivity index (χ2n) is 5.87.